The minimum Gasteiger partial charge on any atom is -0.366 e. The first-order valence-corrected chi connectivity index (χ1v) is 5.64. The SMILES string of the molecule is C=C(C)CP(O)C(=O)C[N+](C)(C)C. The van der Waals surface area contributed by atoms with Gasteiger partial charge in [0.15, 0.2) is 0 Å². The van der Waals surface area contributed by atoms with Gasteiger partial charge in [0.05, 0.1) is 21.1 Å². The summed E-state index contributed by atoms with van der Waals surface area (Å²) in [5.41, 5.74) is 0.814. The van der Waals surface area contributed by atoms with E-state index in [0.29, 0.717) is 17.2 Å². The van der Waals surface area contributed by atoms with E-state index in [-0.39, 0.29) is 5.52 Å². The van der Waals surface area contributed by atoms with E-state index in [9.17, 15) is 9.69 Å². The number of quaternary nitrogens is 1. The van der Waals surface area contributed by atoms with Gasteiger partial charge in [0.25, 0.3) is 0 Å². The Balaban J connectivity index is 4.05. The van der Waals surface area contributed by atoms with Crippen LogP contribution in [0.2, 0.25) is 0 Å². The zero-order chi connectivity index (χ0) is 10.6. The van der Waals surface area contributed by atoms with E-state index in [1.54, 1.807) is 0 Å². The maximum Gasteiger partial charge on any atom is 0.235 e. The summed E-state index contributed by atoms with van der Waals surface area (Å²) in [6.07, 6.45) is 0.439. The molecule has 0 aromatic rings. The highest BCUT2D eigenvalue weighted by molar-refractivity contribution is 7.69. The molecular weight excluding hydrogens is 185 g/mol. The number of carbonyl (C=O) groups excluding carboxylic acids is 1. The zero-order valence-corrected chi connectivity index (χ0v) is 9.77. The Morgan fingerprint density at radius 3 is 2.23 bits per heavy atom. The standard InChI is InChI=1S/C9H19NO2P/c1-8(2)7-13(12)9(11)6-10(3,4)5/h12H,1,6-7H2,2-5H3/q+1. The molecule has 0 saturated heterocycles. The van der Waals surface area contributed by atoms with Gasteiger partial charge < -0.3 is 9.38 Å². The number of nitrogens with zero attached hydrogens (tertiary/aromatic N) is 1. The molecule has 0 saturated carbocycles. The highest BCUT2D eigenvalue weighted by Gasteiger charge is 2.22. The first-order chi connectivity index (χ1) is 5.72. The monoisotopic (exact) mass is 204 g/mol. The first kappa shape index (κ1) is 12.8. The molecule has 1 N–H and O–H groups in total. The van der Waals surface area contributed by atoms with Crippen LogP contribution in [0.25, 0.3) is 0 Å². The van der Waals surface area contributed by atoms with Gasteiger partial charge >= 0.3 is 0 Å². The lowest BCUT2D eigenvalue weighted by atomic mass is 10.4. The zero-order valence-electron chi connectivity index (χ0n) is 8.87. The van der Waals surface area contributed by atoms with Crippen molar-refractivity contribution in [1.82, 2.24) is 0 Å². The van der Waals surface area contributed by atoms with Crippen molar-refractivity contribution in [2.24, 2.45) is 0 Å². The summed E-state index contributed by atoms with van der Waals surface area (Å²) in [5.74, 6) is 0. The van der Waals surface area contributed by atoms with Gasteiger partial charge in [-0.1, -0.05) is 12.2 Å². The maximum atomic E-state index is 11.4. The largest absolute Gasteiger partial charge is 0.366 e. The van der Waals surface area contributed by atoms with Crippen LogP contribution >= 0.6 is 8.15 Å². The number of rotatable bonds is 5. The molecule has 0 aromatic heterocycles. The fourth-order valence-corrected chi connectivity index (χ4v) is 2.11. The van der Waals surface area contributed by atoms with Gasteiger partial charge in [-0.25, -0.2) is 0 Å². The molecule has 13 heavy (non-hydrogen) atoms. The summed E-state index contributed by atoms with van der Waals surface area (Å²) in [6, 6.07) is 0. The normalized spacial score (nSPS) is 13.9. The van der Waals surface area contributed by atoms with Crippen molar-refractivity contribution in [1.29, 1.82) is 0 Å². The van der Waals surface area contributed by atoms with Crippen molar-refractivity contribution in [3.8, 4) is 0 Å². The van der Waals surface area contributed by atoms with Crippen LogP contribution in [-0.4, -0.2) is 48.8 Å². The molecule has 3 nitrogen and oxygen atoms in total. The van der Waals surface area contributed by atoms with Gasteiger partial charge in [0.1, 0.15) is 14.7 Å². The van der Waals surface area contributed by atoms with E-state index < -0.39 is 8.15 Å². The van der Waals surface area contributed by atoms with Crippen molar-refractivity contribution >= 4 is 13.7 Å². The van der Waals surface area contributed by atoms with Crippen LogP contribution in [0.3, 0.4) is 0 Å². The van der Waals surface area contributed by atoms with Crippen LogP contribution in [0.15, 0.2) is 12.2 Å². The Morgan fingerprint density at radius 1 is 1.46 bits per heavy atom. The lowest BCUT2D eigenvalue weighted by Gasteiger charge is -2.23. The minimum absolute atomic E-state index is 0.0505. The highest BCUT2D eigenvalue weighted by Crippen LogP contribution is 2.33. The Kier molecular flexibility index (Phi) is 4.76. The summed E-state index contributed by atoms with van der Waals surface area (Å²) in [7, 11) is 4.30. The van der Waals surface area contributed by atoms with Crippen LogP contribution < -0.4 is 0 Å². The lowest BCUT2D eigenvalue weighted by Crippen LogP contribution is -2.39. The molecule has 0 bridgehead atoms. The predicted molar refractivity (Wildman–Crippen MR) is 56.7 cm³/mol. The molecule has 0 aliphatic carbocycles. The van der Waals surface area contributed by atoms with Gasteiger partial charge in [0.2, 0.25) is 5.52 Å². The molecule has 0 spiro atoms. The minimum atomic E-state index is -1.50. The molecule has 1 unspecified atom stereocenters. The summed E-state index contributed by atoms with van der Waals surface area (Å²) in [6.45, 7) is 5.88. The molecule has 0 heterocycles. The van der Waals surface area contributed by atoms with Crippen LogP contribution in [-0.2, 0) is 4.79 Å². The van der Waals surface area contributed by atoms with Crippen molar-refractivity contribution in [3.05, 3.63) is 12.2 Å². The molecule has 0 aromatic carbocycles. The van der Waals surface area contributed by atoms with Gasteiger partial charge in [-0.05, 0) is 6.92 Å². The number of likely N-dealkylation sites (N-methyl/N-ethyl adjacent to an activating group) is 1. The van der Waals surface area contributed by atoms with E-state index in [1.165, 1.54) is 0 Å². The number of allylic oxidation sites excluding steroid dienone is 1. The van der Waals surface area contributed by atoms with Crippen LogP contribution in [0.5, 0.6) is 0 Å². The van der Waals surface area contributed by atoms with E-state index in [2.05, 4.69) is 6.58 Å². The maximum absolute atomic E-state index is 11.4. The molecule has 0 radical (unpaired) electrons. The van der Waals surface area contributed by atoms with E-state index in [1.807, 2.05) is 28.1 Å². The van der Waals surface area contributed by atoms with Gasteiger partial charge in [-0.2, -0.15) is 0 Å². The average Bonchev–Trinajstić information content (AvgIpc) is 1.81. The smallest absolute Gasteiger partial charge is 0.235 e. The lowest BCUT2D eigenvalue weighted by molar-refractivity contribution is -0.861. The van der Waals surface area contributed by atoms with Crippen molar-refractivity contribution in [2.45, 2.75) is 6.92 Å². The van der Waals surface area contributed by atoms with Crippen molar-refractivity contribution < 1.29 is 14.2 Å². The highest BCUT2D eigenvalue weighted by atomic mass is 31.1. The molecule has 76 valence electrons. The quantitative estimate of drug-likeness (QED) is 0.415. The Hall–Kier alpha value is -0.240. The van der Waals surface area contributed by atoms with Crippen LogP contribution in [0, 0.1) is 0 Å². The third-order valence-electron chi connectivity index (χ3n) is 1.32. The van der Waals surface area contributed by atoms with Crippen LogP contribution in [0.1, 0.15) is 6.92 Å². The Morgan fingerprint density at radius 2 is 1.92 bits per heavy atom. The molecular formula is C9H19NO2P+. The second kappa shape index (κ2) is 4.85. The molecule has 0 fully saturated rings. The van der Waals surface area contributed by atoms with Crippen molar-refractivity contribution in [2.75, 3.05) is 33.8 Å². The summed E-state index contributed by atoms with van der Waals surface area (Å²) in [5, 5.41) is 0. The molecule has 4 heteroatoms. The van der Waals surface area contributed by atoms with Gasteiger partial charge in [-0.15, -0.1) is 0 Å². The third kappa shape index (κ3) is 6.88. The van der Waals surface area contributed by atoms with Crippen LogP contribution in [0.4, 0.5) is 0 Å². The molecule has 1 atom stereocenters. The Bertz CT molecular complexity index is 208. The van der Waals surface area contributed by atoms with E-state index in [0.717, 1.165) is 5.57 Å². The predicted octanol–water partition coefficient (Wildman–Crippen LogP) is 1.18. The first-order valence-electron chi connectivity index (χ1n) is 4.16. The molecule has 0 amide bonds. The second-order valence-electron chi connectivity index (χ2n) is 4.36. The summed E-state index contributed by atoms with van der Waals surface area (Å²) < 4.78 is 0.564. The number of hydrogen-bond donors (Lipinski definition) is 1. The fourth-order valence-electron chi connectivity index (χ4n) is 0.831. The van der Waals surface area contributed by atoms with E-state index in [4.69, 9.17) is 0 Å². The summed E-state index contributed by atoms with van der Waals surface area (Å²) >= 11 is 0. The van der Waals surface area contributed by atoms with Gasteiger partial charge in [0, 0.05) is 6.16 Å². The number of hydrogen-bond acceptors (Lipinski definition) is 2. The molecule has 0 aliphatic rings. The topological polar surface area (TPSA) is 37.3 Å². The van der Waals surface area contributed by atoms with Gasteiger partial charge in [-0.3, -0.25) is 4.79 Å². The van der Waals surface area contributed by atoms with E-state index >= 15 is 0 Å². The number of carbonyl (C=O) groups is 1. The third-order valence-corrected chi connectivity index (χ3v) is 2.87. The average molecular weight is 204 g/mol. The molecule has 0 aliphatic heterocycles. The van der Waals surface area contributed by atoms with Crippen molar-refractivity contribution in [3.63, 3.8) is 0 Å². The second-order valence-corrected chi connectivity index (χ2v) is 5.97. The Labute approximate surface area is 81.5 Å². The summed E-state index contributed by atoms with van der Waals surface area (Å²) in [4.78, 5) is 20.9. The fraction of sp³-hybridized carbons (Fsp3) is 0.667. The molecule has 0 rings (SSSR count).